The molecule has 0 atom stereocenters. The van der Waals surface area contributed by atoms with E-state index >= 15 is 0 Å². The van der Waals surface area contributed by atoms with Crippen molar-refractivity contribution in [3.63, 3.8) is 0 Å². The molecule has 2 aromatic carbocycles. The van der Waals surface area contributed by atoms with Crippen LogP contribution in [-0.2, 0) is 10.2 Å². The van der Waals surface area contributed by atoms with E-state index < -0.39 is 11.3 Å². The van der Waals surface area contributed by atoms with Gasteiger partial charge in [-0.1, -0.05) is 67.1 Å². The molecule has 0 heterocycles. The smallest absolute Gasteiger partial charge is 0.243 e. The van der Waals surface area contributed by atoms with Gasteiger partial charge in [-0.3, -0.25) is 10.0 Å². The first kappa shape index (κ1) is 16.7. The zero-order chi connectivity index (χ0) is 16.5. The van der Waals surface area contributed by atoms with Gasteiger partial charge in [0.25, 0.3) is 0 Å². The van der Waals surface area contributed by atoms with E-state index in [2.05, 4.69) is 6.07 Å². The normalized spacial score (nSPS) is 10.8. The second kappa shape index (κ2) is 8.11. The molecule has 0 fully saturated rings. The number of nitrogens with one attached hydrogen (secondary N) is 1. The monoisotopic (exact) mass is 308 g/mol. The molecule has 118 valence electrons. The third-order valence-electron chi connectivity index (χ3n) is 4.05. The van der Waals surface area contributed by atoms with E-state index in [9.17, 15) is 10.1 Å². The van der Waals surface area contributed by atoms with E-state index in [1.165, 1.54) is 0 Å². The number of nitrogens with zero attached hydrogens (tertiary/aromatic N) is 1. The Labute approximate surface area is 136 Å². The molecule has 0 aromatic heterocycles. The first-order chi connectivity index (χ1) is 11.2. The lowest BCUT2D eigenvalue weighted by Crippen LogP contribution is -2.26. The molecule has 23 heavy (non-hydrogen) atoms. The number of hydroxylamine groups is 1. The van der Waals surface area contributed by atoms with Crippen LogP contribution in [-0.4, -0.2) is 11.1 Å². The highest BCUT2D eigenvalue weighted by atomic mass is 16.5. The van der Waals surface area contributed by atoms with Gasteiger partial charge in [-0.15, -0.1) is 0 Å². The lowest BCUT2D eigenvalue weighted by molar-refractivity contribution is -0.129. The van der Waals surface area contributed by atoms with Crippen molar-refractivity contribution >= 4 is 5.91 Å². The standard InChI is InChI=1S/C19H20N2O2/c20-15-19(16-9-3-1-4-10-16,17-11-5-2-6-12-17)14-8-7-13-18(22)21-23/h1-6,9-12,23H,7-8,13-14H2,(H,21,22). The molecule has 0 saturated heterocycles. The van der Waals surface area contributed by atoms with E-state index in [0.717, 1.165) is 11.1 Å². The van der Waals surface area contributed by atoms with Gasteiger partial charge >= 0.3 is 0 Å². The molecule has 0 saturated carbocycles. The molecule has 2 rings (SSSR count). The molecule has 1 amide bonds. The van der Waals surface area contributed by atoms with Gasteiger partial charge in [0.05, 0.1) is 6.07 Å². The van der Waals surface area contributed by atoms with Crippen molar-refractivity contribution in [1.29, 1.82) is 5.26 Å². The molecule has 0 unspecified atom stereocenters. The molecule has 0 radical (unpaired) electrons. The zero-order valence-electron chi connectivity index (χ0n) is 12.9. The highest BCUT2D eigenvalue weighted by molar-refractivity contribution is 5.74. The van der Waals surface area contributed by atoms with Crippen LogP contribution in [0.5, 0.6) is 0 Å². The van der Waals surface area contributed by atoms with Gasteiger partial charge in [-0.05, 0) is 24.0 Å². The summed E-state index contributed by atoms with van der Waals surface area (Å²) >= 11 is 0. The molecular weight excluding hydrogens is 288 g/mol. The fourth-order valence-electron chi connectivity index (χ4n) is 2.82. The van der Waals surface area contributed by atoms with Gasteiger partial charge in [0.15, 0.2) is 0 Å². The number of hydrogen-bond acceptors (Lipinski definition) is 3. The topological polar surface area (TPSA) is 73.1 Å². The Hall–Kier alpha value is -2.64. The van der Waals surface area contributed by atoms with Crippen LogP contribution in [0.2, 0.25) is 0 Å². The van der Waals surface area contributed by atoms with Crippen molar-refractivity contribution in [2.45, 2.75) is 31.1 Å². The number of amides is 1. The van der Waals surface area contributed by atoms with Crippen LogP contribution < -0.4 is 5.48 Å². The average Bonchev–Trinajstić information content (AvgIpc) is 2.63. The summed E-state index contributed by atoms with van der Waals surface area (Å²) in [6.07, 6.45) is 2.21. The maximum Gasteiger partial charge on any atom is 0.243 e. The van der Waals surface area contributed by atoms with Gasteiger partial charge in [0, 0.05) is 6.42 Å². The lowest BCUT2D eigenvalue weighted by Gasteiger charge is -2.28. The fourth-order valence-corrected chi connectivity index (χ4v) is 2.82. The van der Waals surface area contributed by atoms with Crippen molar-refractivity contribution < 1.29 is 10.0 Å². The molecule has 0 bridgehead atoms. The number of benzene rings is 2. The van der Waals surface area contributed by atoms with Crippen molar-refractivity contribution in [1.82, 2.24) is 5.48 Å². The summed E-state index contributed by atoms with van der Waals surface area (Å²) in [5, 5.41) is 18.5. The Morgan fingerprint density at radius 1 is 1.00 bits per heavy atom. The summed E-state index contributed by atoms with van der Waals surface area (Å²) < 4.78 is 0. The summed E-state index contributed by atoms with van der Waals surface area (Å²) in [5.74, 6) is -0.396. The van der Waals surface area contributed by atoms with Crippen LogP contribution in [0, 0.1) is 11.3 Å². The first-order valence-corrected chi connectivity index (χ1v) is 7.68. The predicted octanol–water partition coefficient (Wildman–Crippen LogP) is 3.56. The summed E-state index contributed by atoms with van der Waals surface area (Å²) in [6, 6.07) is 22.0. The van der Waals surface area contributed by atoms with Gasteiger partial charge in [0.2, 0.25) is 5.91 Å². The number of carbonyl (C=O) groups is 1. The quantitative estimate of drug-likeness (QED) is 0.466. The number of unbranched alkanes of at least 4 members (excludes halogenated alkanes) is 1. The average molecular weight is 308 g/mol. The van der Waals surface area contributed by atoms with Crippen LogP contribution in [0.15, 0.2) is 60.7 Å². The summed E-state index contributed by atoms with van der Waals surface area (Å²) in [7, 11) is 0. The predicted molar refractivity (Wildman–Crippen MR) is 87.7 cm³/mol. The van der Waals surface area contributed by atoms with Gasteiger partial charge in [0.1, 0.15) is 5.41 Å². The maximum atomic E-state index is 11.1. The molecule has 0 aliphatic heterocycles. The number of carbonyl (C=O) groups excluding carboxylic acids is 1. The van der Waals surface area contributed by atoms with E-state index in [-0.39, 0.29) is 6.42 Å². The molecule has 0 aliphatic rings. The maximum absolute atomic E-state index is 11.1. The molecule has 4 heteroatoms. The highest BCUT2D eigenvalue weighted by Gasteiger charge is 2.33. The van der Waals surface area contributed by atoms with E-state index in [1.54, 1.807) is 5.48 Å². The van der Waals surface area contributed by atoms with E-state index in [1.807, 2.05) is 60.7 Å². The Kier molecular flexibility index (Phi) is 5.90. The SMILES string of the molecule is N#CC(CCCCC(=O)NO)(c1ccccc1)c1ccccc1. The number of hydrogen-bond donors (Lipinski definition) is 2. The fraction of sp³-hybridized carbons (Fsp3) is 0.263. The van der Waals surface area contributed by atoms with E-state index in [0.29, 0.717) is 19.3 Å². The summed E-state index contributed by atoms with van der Waals surface area (Å²) in [4.78, 5) is 11.1. The van der Waals surface area contributed by atoms with Crippen LogP contribution in [0.4, 0.5) is 0 Å². The number of rotatable bonds is 7. The van der Waals surface area contributed by atoms with Crippen LogP contribution in [0.3, 0.4) is 0 Å². The molecule has 0 spiro atoms. The minimum Gasteiger partial charge on any atom is -0.289 e. The van der Waals surface area contributed by atoms with Gasteiger partial charge in [-0.2, -0.15) is 5.26 Å². The van der Waals surface area contributed by atoms with Crippen molar-refractivity contribution in [3.05, 3.63) is 71.8 Å². The van der Waals surface area contributed by atoms with Crippen molar-refractivity contribution in [3.8, 4) is 6.07 Å². The van der Waals surface area contributed by atoms with Crippen molar-refractivity contribution in [2.24, 2.45) is 0 Å². The molecule has 4 nitrogen and oxygen atoms in total. The molecule has 2 N–H and O–H groups in total. The van der Waals surface area contributed by atoms with Crippen LogP contribution in [0.25, 0.3) is 0 Å². The van der Waals surface area contributed by atoms with Gasteiger partial charge in [-0.25, -0.2) is 5.48 Å². The minimum atomic E-state index is -0.724. The minimum absolute atomic E-state index is 0.252. The Balaban J connectivity index is 2.25. The Morgan fingerprint density at radius 2 is 1.52 bits per heavy atom. The summed E-state index contributed by atoms with van der Waals surface area (Å²) in [5.41, 5.74) is 2.83. The first-order valence-electron chi connectivity index (χ1n) is 7.68. The van der Waals surface area contributed by atoms with Crippen LogP contribution >= 0.6 is 0 Å². The molecule has 0 aliphatic carbocycles. The zero-order valence-corrected chi connectivity index (χ0v) is 12.9. The number of nitriles is 1. The van der Waals surface area contributed by atoms with Crippen LogP contribution in [0.1, 0.15) is 36.8 Å². The highest BCUT2D eigenvalue weighted by Crippen LogP contribution is 2.36. The Bertz CT molecular complexity index is 623. The van der Waals surface area contributed by atoms with Gasteiger partial charge < -0.3 is 0 Å². The third-order valence-corrected chi connectivity index (χ3v) is 4.05. The summed E-state index contributed by atoms with van der Waals surface area (Å²) in [6.45, 7) is 0. The second-order valence-corrected chi connectivity index (χ2v) is 5.49. The molecular formula is C19H20N2O2. The second-order valence-electron chi connectivity index (χ2n) is 5.49. The van der Waals surface area contributed by atoms with Crippen molar-refractivity contribution in [2.75, 3.05) is 0 Å². The lowest BCUT2D eigenvalue weighted by atomic mass is 9.72. The Morgan fingerprint density at radius 3 is 1.96 bits per heavy atom. The largest absolute Gasteiger partial charge is 0.289 e. The third kappa shape index (κ3) is 3.97. The molecule has 2 aromatic rings. The van der Waals surface area contributed by atoms with E-state index in [4.69, 9.17) is 5.21 Å².